The lowest BCUT2D eigenvalue weighted by atomic mass is 9.93. The number of rotatable bonds is 10. The molecule has 1 aromatic carbocycles. The van der Waals surface area contributed by atoms with Crippen LogP contribution in [0.25, 0.3) is 0 Å². The number of para-hydroxylation sites is 1. The number of hydrogen-bond acceptors (Lipinski definition) is 4. The van der Waals surface area contributed by atoms with Gasteiger partial charge in [0.2, 0.25) is 0 Å². The van der Waals surface area contributed by atoms with E-state index in [2.05, 4.69) is 17.6 Å². The number of urea groups is 1. The van der Waals surface area contributed by atoms with Gasteiger partial charge in [0.25, 0.3) is 0 Å². The maximum Gasteiger partial charge on any atom is 0.338 e. The van der Waals surface area contributed by atoms with Gasteiger partial charge in [-0.3, -0.25) is 0 Å². The Kier molecular flexibility index (Phi) is 8.17. The van der Waals surface area contributed by atoms with Gasteiger partial charge in [-0.15, -0.1) is 0 Å². The first-order valence-corrected chi connectivity index (χ1v) is 9.81. The minimum atomic E-state index is -0.598. The van der Waals surface area contributed by atoms with Crippen molar-refractivity contribution in [3.63, 3.8) is 0 Å². The van der Waals surface area contributed by atoms with Gasteiger partial charge in [-0.2, -0.15) is 0 Å². The Morgan fingerprint density at radius 1 is 1.11 bits per heavy atom. The number of unbranched alkanes of at least 4 members (excludes halogenated alkanes) is 3. The van der Waals surface area contributed by atoms with Crippen molar-refractivity contribution in [2.75, 3.05) is 13.2 Å². The Hall–Kier alpha value is -2.50. The number of benzene rings is 1. The lowest BCUT2D eigenvalue weighted by molar-refractivity contribution is -0.139. The van der Waals surface area contributed by atoms with Crippen LogP contribution in [0.4, 0.5) is 4.79 Å². The number of carbonyl (C=O) groups excluding carboxylic acids is 2. The standard InChI is InChI=1S/C21H30N2O4/c1-4-7-8-11-14-27-17-13-10-9-12-15(17)19-18(20(24)26-6-3)16(5-2)22-21(25)23-19/h9-10,12-13,19H,4-8,11,14H2,1-3H3,(H2,22,23,25). The van der Waals surface area contributed by atoms with Crippen molar-refractivity contribution in [1.29, 1.82) is 0 Å². The van der Waals surface area contributed by atoms with E-state index in [1.165, 1.54) is 12.8 Å². The van der Waals surface area contributed by atoms with E-state index in [4.69, 9.17) is 9.47 Å². The lowest BCUT2D eigenvalue weighted by Crippen LogP contribution is -2.46. The number of amides is 2. The van der Waals surface area contributed by atoms with Gasteiger partial charge < -0.3 is 20.1 Å². The van der Waals surface area contributed by atoms with E-state index in [9.17, 15) is 9.59 Å². The summed E-state index contributed by atoms with van der Waals surface area (Å²) in [6.07, 6.45) is 4.98. The quantitative estimate of drug-likeness (QED) is 0.475. The number of hydrogen-bond donors (Lipinski definition) is 2. The van der Waals surface area contributed by atoms with Crippen molar-refractivity contribution in [1.82, 2.24) is 10.6 Å². The van der Waals surface area contributed by atoms with Gasteiger partial charge in [-0.25, -0.2) is 9.59 Å². The van der Waals surface area contributed by atoms with Crippen molar-refractivity contribution < 1.29 is 19.1 Å². The van der Waals surface area contributed by atoms with E-state index in [1.807, 2.05) is 31.2 Å². The molecule has 0 saturated carbocycles. The highest BCUT2D eigenvalue weighted by molar-refractivity contribution is 5.95. The summed E-state index contributed by atoms with van der Waals surface area (Å²) in [5.41, 5.74) is 1.78. The van der Waals surface area contributed by atoms with Crippen LogP contribution in [-0.2, 0) is 9.53 Å². The Morgan fingerprint density at radius 2 is 1.89 bits per heavy atom. The molecule has 2 rings (SSSR count). The van der Waals surface area contributed by atoms with E-state index in [1.54, 1.807) is 6.92 Å². The third-order valence-electron chi connectivity index (χ3n) is 4.49. The molecule has 0 radical (unpaired) electrons. The summed E-state index contributed by atoms with van der Waals surface area (Å²) >= 11 is 0. The summed E-state index contributed by atoms with van der Waals surface area (Å²) in [5.74, 6) is 0.253. The van der Waals surface area contributed by atoms with Crippen LogP contribution < -0.4 is 15.4 Å². The summed E-state index contributed by atoms with van der Waals surface area (Å²) < 4.78 is 11.2. The first-order chi connectivity index (χ1) is 13.1. The zero-order valence-electron chi connectivity index (χ0n) is 16.5. The molecule has 0 fully saturated rings. The summed E-state index contributed by atoms with van der Waals surface area (Å²) in [4.78, 5) is 24.7. The molecule has 1 aliphatic rings. The second kappa shape index (κ2) is 10.6. The normalized spacial score (nSPS) is 16.6. The fraction of sp³-hybridized carbons (Fsp3) is 0.524. The van der Waals surface area contributed by atoms with Crippen LogP contribution in [-0.4, -0.2) is 25.2 Å². The molecule has 0 aromatic heterocycles. The van der Waals surface area contributed by atoms with Crippen LogP contribution in [0.15, 0.2) is 35.5 Å². The van der Waals surface area contributed by atoms with Crippen molar-refractivity contribution in [2.24, 2.45) is 0 Å². The second-order valence-corrected chi connectivity index (χ2v) is 6.44. The number of carbonyl (C=O) groups is 2. The van der Waals surface area contributed by atoms with Crippen LogP contribution in [0.3, 0.4) is 0 Å². The van der Waals surface area contributed by atoms with Crippen LogP contribution >= 0.6 is 0 Å². The predicted molar refractivity (Wildman–Crippen MR) is 104 cm³/mol. The smallest absolute Gasteiger partial charge is 0.338 e. The van der Waals surface area contributed by atoms with Crippen molar-refractivity contribution in [3.05, 3.63) is 41.1 Å². The van der Waals surface area contributed by atoms with E-state index < -0.39 is 12.0 Å². The van der Waals surface area contributed by atoms with Gasteiger partial charge in [-0.05, 0) is 25.8 Å². The van der Waals surface area contributed by atoms with Gasteiger partial charge in [0, 0.05) is 11.3 Å². The molecule has 6 heteroatoms. The number of ether oxygens (including phenoxy) is 2. The van der Waals surface area contributed by atoms with Crippen LogP contribution in [0.1, 0.15) is 64.5 Å². The molecule has 2 amide bonds. The minimum Gasteiger partial charge on any atom is -0.493 e. The van der Waals surface area contributed by atoms with Crippen molar-refractivity contribution in [3.8, 4) is 5.75 Å². The zero-order chi connectivity index (χ0) is 19.6. The van der Waals surface area contributed by atoms with Gasteiger partial charge in [0.05, 0.1) is 24.8 Å². The molecule has 148 valence electrons. The van der Waals surface area contributed by atoms with Crippen LogP contribution in [0.5, 0.6) is 5.75 Å². The first-order valence-electron chi connectivity index (χ1n) is 9.81. The second-order valence-electron chi connectivity index (χ2n) is 6.44. The fourth-order valence-electron chi connectivity index (χ4n) is 3.14. The molecule has 0 saturated heterocycles. The summed E-state index contributed by atoms with van der Waals surface area (Å²) in [5, 5.41) is 5.58. The molecular formula is C21H30N2O4. The Balaban J connectivity index is 2.30. The Morgan fingerprint density at radius 3 is 2.59 bits per heavy atom. The number of nitrogens with one attached hydrogen (secondary N) is 2. The van der Waals surface area contributed by atoms with E-state index in [0.717, 1.165) is 18.4 Å². The Labute approximate surface area is 161 Å². The SMILES string of the molecule is CCCCCCOc1ccccc1C1NC(=O)NC(CC)=C1C(=O)OCC. The van der Waals surface area contributed by atoms with Crippen molar-refractivity contribution >= 4 is 12.0 Å². The van der Waals surface area contributed by atoms with Gasteiger partial charge in [-0.1, -0.05) is 51.3 Å². The highest BCUT2D eigenvalue weighted by Crippen LogP contribution is 2.34. The predicted octanol–water partition coefficient (Wildman–Crippen LogP) is 4.23. The molecule has 1 heterocycles. The minimum absolute atomic E-state index is 0.273. The third kappa shape index (κ3) is 5.49. The molecule has 2 N–H and O–H groups in total. The average molecular weight is 374 g/mol. The van der Waals surface area contributed by atoms with Crippen LogP contribution in [0, 0.1) is 0 Å². The fourth-order valence-corrected chi connectivity index (χ4v) is 3.14. The Bertz CT molecular complexity index is 685. The molecule has 6 nitrogen and oxygen atoms in total. The molecule has 1 atom stereocenters. The molecule has 1 aromatic rings. The molecule has 0 aliphatic carbocycles. The zero-order valence-corrected chi connectivity index (χ0v) is 16.5. The maximum absolute atomic E-state index is 12.6. The summed E-state index contributed by atoms with van der Waals surface area (Å²) in [6, 6.07) is 6.59. The van der Waals surface area contributed by atoms with E-state index in [0.29, 0.717) is 30.0 Å². The first kappa shape index (κ1) is 20.8. The lowest BCUT2D eigenvalue weighted by Gasteiger charge is -2.30. The van der Waals surface area contributed by atoms with Crippen LogP contribution in [0.2, 0.25) is 0 Å². The molecule has 27 heavy (non-hydrogen) atoms. The maximum atomic E-state index is 12.6. The van der Waals surface area contributed by atoms with E-state index in [-0.39, 0.29) is 12.6 Å². The summed E-state index contributed by atoms with van der Waals surface area (Å²) in [6.45, 7) is 6.71. The molecule has 0 spiro atoms. The number of allylic oxidation sites excluding steroid dienone is 1. The number of esters is 1. The molecule has 0 bridgehead atoms. The van der Waals surface area contributed by atoms with E-state index >= 15 is 0 Å². The van der Waals surface area contributed by atoms with Gasteiger partial charge in [0.15, 0.2) is 0 Å². The van der Waals surface area contributed by atoms with Crippen molar-refractivity contribution in [2.45, 2.75) is 58.9 Å². The third-order valence-corrected chi connectivity index (χ3v) is 4.49. The molecule has 1 aliphatic heterocycles. The molecule has 1 unspecified atom stereocenters. The largest absolute Gasteiger partial charge is 0.493 e. The highest BCUT2D eigenvalue weighted by Gasteiger charge is 2.34. The van der Waals surface area contributed by atoms with Gasteiger partial charge >= 0.3 is 12.0 Å². The van der Waals surface area contributed by atoms with Gasteiger partial charge in [0.1, 0.15) is 5.75 Å². The molecular weight excluding hydrogens is 344 g/mol. The average Bonchev–Trinajstić information content (AvgIpc) is 2.67. The monoisotopic (exact) mass is 374 g/mol. The summed E-state index contributed by atoms with van der Waals surface area (Å²) in [7, 11) is 0. The highest BCUT2D eigenvalue weighted by atomic mass is 16.5. The topological polar surface area (TPSA) is 76.7 Å².